The minimum absolute atomic E-state index is 0.00489. The number of fused-ring (bicyclic) bond motifs is 1. The molecule has 4 rings (SSSR count). The van der Waals surface area contributed by atoms with Crippen molar-refractivity contribution in [3.63, 3.8) is 0 Å². The second-order valence-corrected chi connectivity index (χ2v) is 6.57. The number of aromatic nitrogens is 5. The largest absolute Gasteiger partial charge is 0.481 e. The lowest BCUT2D eigenvalue weighted by Gasteiger charge is -2.17. The summed E-state index contributed by atoms with van der Waals surface area (Å²) in [6, 6.07) is 7.90. The molecule has 7 nitrogen and oxygen atoms in total. The number of aryl methyl sites for hydroxylation is 1. The van der Waals surface area contributed by atoms with Gasteiger partial charge in [0.2, 0.25) is 17.0 Å². The summed E-state index contributed by atoms with van der Waals surface area (Å²) >= 11 is 5.92. The van der Waals surface area contributed by atoms with Gasteiger partial charge in [0.15, 0.2) is 5.65 Å². The van der Waals surface area contributed by atoms with E-state index in [-0.39, 0.29) is 22.8 Å². The molecule has 0 atom stereocenters. The Labute approximate surface area is 173 Å². The SMILES string of the molecule is COc1nccc(C)c1-c1ccc(C(F)(F)F)cc1Oc1ccc2nnc(Cl)n2n1. The monoisotopic (exact) mass is 435 g/mol. The van der Waals surface area contributed by atoms with Crippen molar-refractivity contribution >= 4 is 17.2 Å². The summed E-state index contributed by atoms with van der Waals surface area (Å²) in [5, 5.41) is 11.6. The molecule has 0 radical (unpaired) electrons. The van der Waals surface area contributed by atoms with Gasteiger partial charge in [-0.2, -0.15) is 17.7 Å². The minimum Gasteiger partial charge on any atom is -0.481 e. The fourth-order valence-electron chi connectivity index (χ4n) is 2.92. The molecule has 3 aromatic heterocycles. The maximum absolute atomic E-state index is 13.3. The van der Waals surface area contributed by atoms with Crippen molar-refractivity contribution in [3.8, 4) is 28.6 Å². The van der Waals surface area contributed by atoms with E-state index in [1.165, 1.54) is 29.8 Å². The van der Waals surface area contributed by atoms with E-state index in [9.17, 15) is 13.2 Å². The van der Waals surface area contributed by atoms with E-state index in [0.29, 0.717) is 16.8 Å². The van der Waals surface area contributed by atoms with Gasteiger partial charge in [-0.1, -0.05) is 0 Å². The molecule has 11 heteroatoms. The van der Waals surface area contributed by atoms with Crippen LogP contribution in [0.4, 0.5) is 13.2 Å². The Morgan fingerprint density at radius 3 is 2.60 bits per heavy atom. The van der Waals surface area contributed by atoms with Gasteiger partial charge in [0, 0.05) is 17.8 Å². The summed E-state index contributed by atoms with van der Waals surface area (Å²) in [6.07, 6.45) is -3.01. The van der Waals surface area contributed by atoms with E-state index in [0.717, 1.165) is 17.7 Å². The average Bonchev–Trinajstić information content (AvgIpc) is 3.08. The van der Waals surface area contributed by atoms with Crippen molar-refractivity contribution in [3.05, 3.63) is 59.0 Å². The Balaban J connectivity index is 1.88. The number of pyridine rings is 1. The first-order valence-corrected chi connectivity index (χ1v) is 8.93. The van der Waals surface area contributed by atoms with Crippen LogP contribution in [-0.2, 0) is 6.18 Å². The van der Waals surface area contributed by atoms with E-state index in [2.05, 4.69) is 20.3 Å². The molecule has 0 saturated carbocycles. The predicted octanol–water partition coefficient (Wildman–Crippen LogP) is 4.97. The van der Waals surface area contributed by atoms with Crippen LogP contribution in [0, 0.1) is 6.92 Å². The highest BCUT2D eigenvalue weighted by Crippen LogP contribution is 2.42. The molecule has 0 N–H and O–H groups in total. The number of ether oxygens (including phenoxy) is 2. The first kappa shape index (κ1) is 19.9. The van der Waals surface area contributed by atoms with Crippen LogP contribution < -0.4 is 9.47 Å². The van der Waals surface area contributed by atoms with E-state index in [1.807, 2.05) is 0 Å². The van der Waals surface area contributed by atoms with Crippen LogP contribution in [0.25, 0.3) is 16.8 Å². The maximum Gasteiger partial charge on any atom is 0.416 e. The molecular weight excluding hydrogens is 423 g/mol. The number of nitrogens with zero attached hydrogens (tertiary/aromatic N) is 5. The predicted molar refractivity (Wildman–Crippen MR) is 102 cm³/mol. The lowest BCUT2D eigenvalue weighted by Crippen LogP contribution is -2.06. The zero-order chi connectivity index (χ0) is 21.5. The standard InChI is InChI=1S/C19H13ClF3N5O2/c1-10-7-8-24-17(29-2)16(10)12-4-3-11(19(21,22)23)9-13(12)30-15-6-5-14-25-26-18(20)28(14)27-15/h3-9H,1-2H3. The van der Waals surface area contributed by atoms with Gasteiger partial charge >= 0.3 is 6.18 Å². The van der Waals surface area contributed by atoms with Gasteiger partial charge in [-0.15, -0.1) is 15.3 Å². The third kappa shape index (κ3) is 3.61. The number of rotatable bonds is 4. The number of hydrogen-bond acceptors (Lipinski definition) is 6. The van der Waals surface area contributed by atoms with Crippen LogP contribution in [0.5, 0.6) is 17.5 Å². The molecule has 4 aromatic rings. The van der Waals surface area contributed by atoms with Crippen LogP contribution in [0.15, 0.2) is 42.6 Å². The third-order valence-electron chi connectivity index (χ3n) is 4.31. The lowest BCUT2D eigenvalue weighted by atomic mass is 9.99. The van der Waals surface area contributed by atoms with Gasteiger partial charge < -0.3 is 9.47 Å². The Hall–Kier alpha value is -3.40. The zero-order valence-corrected chi connectivity index (χ0v) is 16.4. The molecule has 0 aliphatic heterocycles. The molecule has 0 aliphatic rings. The van der Waals surface area contributed by atoms with Crippen LogP contribution in [-0.4, -0.2) is 31.9 Å². The first-order valence-electron chi connectivity index (χ1n) is 8.55. The molecule has 0 amide bonds. The highest BCUT2D eigenvalue weighted by atomic mass is 35.5. The van der Waals surface area contributed by atoms with Crippen molar-refractivity contribution in [1.82, 2.24) is 24.8 Å². The van der Waals surface area contributed by atoms with Crippen molar-refractivity contribution in [2.24, 2.45) is 0 Å². The maximum atomic E-state index is 13.3. The van der Waals surface area contributed by atoms with Crippen LogP contribution in [0.2, 0.25) is 5.28 Å². The smallest absolute Gasteiger partial charge is 0.416 e. The first-order chi connectivity index (χ1) is 14.3. The second kappa shape index (κ2) is 7.45. The number of benzene rings is 1. The Morgan fingerprint density at radius 1 is 1.07 bits per heavy atom. The summed E-state index contributed by atoms with van der Waals surface area (Å²) in [4.78, 5) is 4.15. The van der Waals surface area contributed by atoms with Gasteiger partial charge in [-0.05, 0) is 54.4 Å². The van der Waals surface area contributed by atoms with E-state index >= 15 is 0 Å². The summed E-state index contributed by atoms with van der Waals surface area (Å²) < 4.78 is 52.3. The zero-order valence-electron chi connectivity index (χ0n) is 15.6. The number of hydrogen-bond donors (Lipinski definition) is 0. The van der Waals surface area contributed by atoms with E-state index < -0.39 is 11.7 Å². The highest BCUT2D eigenvalue weighted by Gasteiger charge is 2.32. The van der Waals surface area contributed by atoms with Gasteiger partial charge in [-0.25, -0.2) is 4.98 Å². The average molecular weight is 436 g/mol. The minimum atomic E-state index is -4.56. The van der Waals surface area contributed by atoms with Gasteiger partial charge in [0.1, 0.15) is 5.75 Å². The number of halogens is 4. The van der Waals surface area contributed by atoms with Crippen molar-refractivity contribution in [2.75, 3.05) is 7.11 Å². The fraction of sp³-hybridized carbons (Fsp3) is 0.158. The quantitative estimate of drug-likeness (QED) is 0.450. The second-order valence-electron chi connectivity index (χ2n) is 6.23. The van der Waals surface area contributed by atoms with Crippen LogP contribution in [0.1, 0.15) is 11.1 Å². The molecule has 3 heterocycles. The molecule has 0 fully saturated rings. The third-order valence-corrected chi connectivity index (χ3v) is 4.55. The molecule has 0 saturated heterocycles. The summed E-state index contributed by atoms with van der Waals surface area (Å²) in [5.41, 5.74) is 1.11. The fourth-order valence-corrected chi connectivity index (χ4v) is 3.08. The molecule has 0 bridgehead atoms. The van der Waals surface area contributed by atoms with E-state index in [4.69, 9.17) is 21.1 Å². The molecule has 0 unspecified atom stereocenters. The number of alkyl halides is 3. The topological polar surface area (TPSA) is 74.4 Å². The van der Waals surface area contributed by atoms with Gasteiger partial charge in [0.25, 0.3) is 0 Å². The van der Waals surface area contributed by atoms with Crippen LogP contribution >= 0.6 is 11.6 Å². The Bertz CT molecular complexity index is 1240. The molecule has 154 valence electrons. The summed E-state index contributed by atoms with van der Waals surface area (Å²) in [6.45, 7) is 1.79. The molecule has 1 aromatic carbocycles. The van der Waals surface area contributed by atoms with Crippen LogP contribution in [0.3, 0.4) is 0 Å². The van der Waals surface area contributed by atoms with E-state index in [1.54, 1.807) is 19.2 Å². The Kier molecular flexibility index (Phi) is 4.94. The van der Waals surface area contributed by atoms with Crippen molar-refractivity contribution in [1.29, 1.82) is 0 Å². The van der Waals surface area contributed by atoms with Gasteiger partial charge in [-0.3, -0.25) is 0 Å². The molecular formula is C19H13ClF3N5O2. The number of methoxy groups -OCH3 is 1. The lowest BCUT2D eigenvalue weighted by molar-refractivity contribution is -0.137. The normalized spacial score (nSPS) is 11.7. The van der Waals surface area contributed by atoms with Crippen molar-refractivity contribution in [2.45, 2.75) is 13.1 Å². The molecule has 0 aliphatic carbocycles. The highest BCUT2D eigenvalue weighted by molar-refractivity contribution is 6.28. The van der Waals surface area contributed by atoms with Crippen molar-refractivity contribution < 1.29 is 22.6 Å². The summed E-state index contributed by atoms with van der Waals surface area (Å²) in [5.74, 6) is 0.186. The van der Waals surface area contributed by atoms with Gasteiger partial charge in [0.05, 0.1) is 18.2 Å². The summed E-state index contributed by atoms with van der Waals surface area (Å²) in [7, 11) is 1.43. The molecule has 0 spiro atoms. The Morgan fingerprint density at radius 2 is 1.87 bits per heavy atom. The molecule has 30 heavy (non-hydrogen) atoms.